The topological polar surface area (TPSA) is 86.8 Å². The Hall–Kier alpha value is -2.87. The second kappa shape index (κ2) is 11.8. The first-order valence-electron chi connectivity index (χ1n) is 15.2. The second-order valence-corrected chi connectivity index (χ2v) is 14.9. The van der Waals surface area contributed by atoms with Crippen LogP contribution in [0.2, 0.25) is 0 Å². The van der Waals surface area contributed by atoms with Gasteiger partial charge in [-0.1, -0.05) is 49.4 Å². The predicted molar refractivity (Wildman–Crippen MR) is 163 cm³/mol. The number of sulfonamides is 1. The molecule has 4 aliphatic carbocycles. The summed E-state index contributed by atoms with van der Waals surface area (Å²) >= 11 is 0. The number of nitrogens with one attached hydrogen (secondary N) is 1. The molecular weight excluding hydrogens is 534 g/mol. The monoisotopic (exact) mass is 579 g/mol. The van der Waals surface area contributed by atoms with E-state index in [9.17, 15) is 18.0 Å². The molecule has 222 valence electrons. The van der Waals surface area contributed by atoms with E-state index in [4.69, 9.17) is 0 Å². The number of anilines is 1. The van der Waals surface area contributed by atoms with Gasteiger partial charge in [0.05, 0.1) is 11.9 Å². The van der Waals surface area contributed by atoms with Crippen LogP contribution in [0.4, 0.5) is 5.69 Å². The lowest BCUT2D eigenvalue weighted by molar-refractivity contribution is -0.139. The fourth-order valence-corrected chi connectivity index (χ4v) is 8.74. The van der Waals surface area contributed by atoms with Crippen molar-refractivity contribution in [1.82, 2.24) is 10.2 Å². The highest BCUT2D eigenvalue weighted by molar-refractivity contribution is 7.92. The Labute approximate surface area is 245 Å². The minimum absolute atomic E-state index is 0.0290. The van der Waals surface area contributed by atoms with Crippen LogP contribution in [0.1, 0.15) is 76.8 Å². The third-order valence-corrected chi connectivity index (χ3v) is 11.0. The SMILES string of the molecule is CC[C@H](C)NC(=O)[C@H](C)N(Cc1ccccc1)C(=O)CN(c1ccc(C23CC4CC(CC(C4)C2)C3)cc1)S(C)(=O)=O. The fraction of sp³-hybridized carbons (Fsp3) is 0.576. The van der Waals surface area contributed by atoms with Crippen LogP contribution < -0.4 is 9.62 Å². The molecule has 1 N–H and O–H groups in total. The molecule has 0 radical (unpaired) electrons. The summed E-state index contributed by atoms with van der Waals surface area (Å²) in [4.78, 5) is 28.4. The van der Waals surface area contributed by atoms with Gasteiger partial charge in [0.2, 0.25) is 21.8 Å². The van der Waals surface area contributed by atoms with Gasteiger partial charge in [-0.25, -0.2) is 8.42 Å². The molecule has 41 heavy (non-hydrogen) atoms. The third kappa shape index (κ3) is 6.47. The molecular formula is C33H45N3O4S. The van der Waals surface area contributed by atoms with Crippen molar-refractivity contribution in [1.29, 1.82) is 0 Å². The third-order valence-electron chi connectivity index (χ3n) is 9.85. The first kappa shape index (κ1) is 29.6. The van der Waals surface area contributed by atoms with Crippen molar-refractivity contribution in [3.05, 3.63) is 65.7 Å². The quantitative estimate of drug-likeness (QED) is 0.394. The highest BCUT2D eigenvalue weighted by Gasteiger charge is 2.51. The van der Waals surface area contributed by atoms with Crippen molar-refractivity contribution >= 4 is 27.5 Å². The predicted octanol–water partition coefficient (Wildman–Crippen LogP) is 5.25. The number of rotatable bonds is 11. The summed E-state index contributed by atoms with van der Waals surface area (Å²) in [6.45, 7) is 5.44. The number of carbonyl (C=O) groups is 2. The molecule has 4 bridgehead atoms. The normalized spacial score (nSPS) is 26.3. The molecule has 0 saturated heterocycles. The Morgan fingerprint density at radius 1 is 0.927 bits per heavy atom. The van der Waals surface area contributed by atoms with E-state index in [0.29, 0.717) is 5.69 Å². The van der Waals surface area contributed by atoms with Gasteiger partial charge in [-0.05, 0) is 105 Å². The van der Waals surface area contributed by atoms with E-state index in [1.54, 1.807) is 6.92 Å². The standard InChI is InChI=1S/C33H45N3O4S/c1-5-23(2)34-32(38)24(3)35(21-25-9-7-6-8-10-25)31(37)22-36(41(4,39)40)30-13-11-29(12-14-30)33-18-26-15-27(19-33)17-28(16-26)20-33/h6-14,23-24,26-28H,5,15-22H2,1-4H3,(H,34,38)/t23-,24-,26?,27?,28?,33?/m0/s1. The molecule has 4 fully saturated rings. The van der Waals surface area contributed by atoms with Crippen LogP contribution in [0.25, 0.3) is 0 Å². The summed E-state index contributed by atoms with van der Waals surface area (Å²) in [7, 11) is -3.76. The van der Waals surface area contributed by atoms with Crippen LogP contribution in [0.3, 0.4) is 0 Å². The molecule has 4 aliphatic rings. The van der Waals surface area contributed by atoms with E-state index in [-0.39, 0.29) is 30.5 Å². The zero-order valence-corrected chi connectivity index (χ0v) is 25.7. The van der Waals surface area contributed by atoms with Crippen molar-refractivity contribution in [3.63, 3.8) is 0 Å². The molecule has 0 heterocycles. The van der Waals surface area contributed by atoms with Crippen LogP contribution in [-0.4, -0.2) is 50.0 Å². The molecule has 2 atom stereocenters. The van der Waals surface area contributed by atoms with Crippen LogP contribution in [0.15, 0.2) is 54.6 Å². The van der Waals surface area contributed by atoms with E-state index in [1.807, 2.05) is 56.3 Å². The first-order chi connectivity index (χ1) is 19.5. The van der Waals surface area contributed by atoms with Crippen LogP contribution in [0, 0.1) is 17.8 Å². The summed E-state index contributed by atoms with van der Waals surface area (Å²) in [5.41, 5.74) is 2.87. The van der Waals surface area contributed by atoms with E-state index in [1.165, 1.54) is 53.3 Å². The molecule has 0 aromatic heterocycles. The van der Waals surface area contributed by atoms with Crippen molar-refractivity contribution in [2.45, 2.75) is 89.8 Å². The van der Waals surface area contributed by atoms with Gasteiger partial charge in [0, 0.05) is 12.6 Å². The smallest absolute Gasteiger partial charge is 0.244 e. The van der Waals surface area contributed by atoms with E-state index < -0.39 is 22.0 Å². The molecule has 7 nitrogen and oxygen atoms in total. The van der Waals surface area contributed by atoms with Gasteiger partial charge in [-0.15, -0.1) is 0 Å². The molecule has 2 aromatic rings. The number of benzene rings is 2. The maximum Gasteiger partial charge on any atom is 0.244 e. The summed E-state index contributed by atoms with van der Waals surface area (Å²) in [6, 6.07) is 16.6. The minimum Gasteiger partial charge on any atom is -0.352 e. The zero-order valence-electron chi connectivity index (χ0n) is 24.9. The second-order valence-electron chi connectivity index (χ2n) is 13.0. The minimum atomic E-state index is -3.76. The van der Waals surface area contributed by atoms with E-state index in [2.05, 4.69) is 17.4 Å². The number of hydrogen-bond acceptors (Lipinski definition) is 4. The average molecular weight is 580 g/mol. The van der Waals surface area contributed by atoms with Crippen molar-refractivity contribution in [3.8, 4) is 0 Å². The maximum absolute atomic E-state index is 13.8. The summed E-state index contributed by atoms with van der Waals surface area (Å²) in [5, 5.41) is 2.96. The zero-order chi connectivity index (χ0) is 29.4. The Bertz CT molecular complexity index is 1310. The molecule has 8 heteroatoms. The highest BCUT2D eigenvalue weighted by Crippen LogP contribution is 2.60. The lowest BCUT2D eigenvalue weighted by Gasteiger charge is -2.57. The van der Waals surface area contributed by atoms with Gasteiger partial charge in [0.25, 0.3) is 0 Å². The highest BCUT2D eigenvalue weighted by atomic mass is 32.2. The van der Waals surface area contributed by atoms with Crippen molar-refractivity contribution in [2.75, 3.05) is 17.1 Å². The summed E-state index contributed by atoms with van der Waals surface area (Å²) in [6.07, 6.45) is 9.71. The van der Waals surface area contributed by atoms with Gasteiger partial charge in [0.1, 0.15) is 12.6 Å². The first-order valence-corrected chi connectivity index (χ1v) is 17.0. The Kier molecular flexibility index (Phi) is 8.51. The van der Waals surface area contributed by atoms with Gasteiger partial charge < -0.3 is 10.2 Å². The molecule has 2 aromatic carbocycles. The van der Waals surface area contributed by atoms with E-state index >= 15 is 0 Å². The molecule has 0 spiro atoms. The lowest BCUT2D eigenvalue weighted by atomic mass is 9.48. The number of hydrogen-bond donors (Lipinski definition) is 1. The van der Waals surface area contributed by atoms with Crippen LogP contribution >= 0.6 is 0 Å². The summed E-state index contributed by atoms with van der Waals surface area (Å²) in [5.74, 6) is 1.79. The van der Waals surface area contributed by atoms with Gasteiger partial charge >= 0.3 is 0 Å². The molecule has 0 aliphatic heterocycles. The molecule has 2 amide bonds. The van der Waals surface area contributed by atoms with Gasteiger partial charge in [0.15, 0.2) is 0 Å². The van der Waals surface area contributed by atoms with E-state index in [0.717, 1.165) is 36.0 Å². The maximum atomic E-state index is 13.8. The average Bonchev–Trinajstić information content (AvgIpc) is 2.93. The van der Waals surface area contributed by atoms with Crippen molar-refractivity contribution < 1.29 is 18.0 Å². The Balaban J connectivity index is 1.37. The largest absolute Gasteiger partial charge is 0.352 e. The molecule has 0 unspecified atom stereocenters. The van der Waals surface area contributed by atoms with Crippen LogP contribution in [-0.2, 0) is 31.6 Å². The molecule has 6 rings (SSSR count). The number of carbonyl (C=O) groups excluding carboxylic acids is 2. The van der Waals surface area contributed by atoms with Crippen LogP contribution in [0.5, 0.6) is 0 Å². The number of nitrogens with zero attached hydrogens (tertiary/aromatic N) is 2. The number of amides is 2. The van der Waals surface area contributed by atoms with Crippen molar-refractivity contribution in [2.24, 2.45) is 17.8 Å². The van der Waals surface area contributed by atoms with Gasteiger partial charge in [-0.2, -0.15) is 0 Å². The fourth-order valence-electron chi connectivity index (χ4n) is 7.89. The lowest BCUT2D eigenvalue weighted by Crippen LogP contribution is -2.52. The molecule has 4 saturated carbocycles. The Morgan fingerprint density at radius 3 is 2.00 bits per heavy atom. The van der Waals surface area contributed by atoms with Gasteiger partial charge in [-0.3, -0.25) is 13.9 Å². The summed E-state index contributed by atoms with van der Waals surface area (Å²) < 4.78 is 27.2. The Morgan fingerprint density at radius 2 is 1.49 bits per heavy atom.